The van der Waals surface area contributed by atoms with Crippen molar-refractivity contribution < 1.29 is 23.4 Å². The van der Waals surface area contributed by atoms with Crippen LogP contribution in [-0.2, 0) is 4.74 Å². The summed E-state index contributed by atoms with van der Waals surface area (Å²) < 4.78 is 36.0. The molecule has 4 rings (SSSR count). The van der Waals surface area contributed by atoms with Gasteiger partial charge in [0.05, 0.1) is 18.6 Å². The molecule has 8 nitrogen and oxygen atoms in total. The van der Waals surface area contributed by atoms with Crippen LogP contribution >= 0.6 is 0 Å². The Labute approximate surface area is 164 Å². The molecule has 29 heavy (non-hydrogen) atoms. The quantitative estimate of drug-likeness (QED) is 0.793. The zero-order chi connectivity index (χ0) is 20.7. The average molecular weight is 406 g/mol. The van der Waals surface area contributed by atoms with Crippen LogP contribution in [0.3, 0.4) is 0 Å². The fraction of sp³-hybridized carbons (Fsp3) is 0.421. The molecule has 0 aromatic carbocycles. The maximum absolute atomic E-state index is 14.9. The molecule has 2 aromatic heterocycles. The Kier molecular flexibility index (Phi) is 5.05. The number of pyridine rings is 2. The molecule has 154 valence electrons. The number of carbonyl (C=O) groups is 1. The highest BCUT2D eigenvalue weighted by Crippen LogP contribution is 2.37. The molecule has 2 aliphatic rings. The third-order valence-electron chi connectivity index (χ3n) is 5.14. The first-order chi connectivity index (χ1) is 13.9. The van der Waals surface area contributed by atoms with Crippen LogP contribution in [-0.4, -0.2) is 53.5 Å². The Hall–Kier alpha value is -2.85. The zero-order valence-electron chi connectivity index (χ0n) is 15.5. The number of nitrogens with two attached hydrogens (primary N) is 1. The molecule has 10 heteroatoms. The van der Waals surface area contributed by atoms with Crippen molar-refractivity contribution in [3.8, 4) is 0 Å². The minimum Gasteiger partial charge on any atom is -0.477 e. The predicted octanol–water partition coefficient (Wildman–Crippen LogP) is 1.59. The average Bonchev–Trinajstić information content (AvgIpc) is 3.54. The third-order valence-corrected chi connectivity index (χ3v) is 5.14. The van der Waals surface area contributed by atoms with Gasteiger partial charge in [0, 0.05) is 37.4 Å². The summed E-state index contributed by atoms with van der Waals surface area (Å²) in [5.74, 6) is -2.71. The molecule has 0 unspecified atom stereocenters. The molecule has 0 atom stereocenters. The molecule has 0 radical (unpaired) electrons. The van der Waals surface area contributed by atoms with Gasteiger partial charge in [0.2, 0.25) is 5.43 Å². The summed E-state index contributed by atoms with van der Waals surface area (Å²) in [4.78, 5) is 29.9. The smallest absolute Gasteiger partial charge is 0.341 e. The number of carboxylic acid groups (broad SMARTS) is 1. The lowest BCUT2D eigenvalue weighted by molar-refractivity contribution is 0.0695. The molecule has 0 spiro atoms. The van der Waals surface area contributed by atoms with E-state index < -0.39 is 28.6 Å². The van der Waals surface area contributed by atoms with Crippen molar-refractivity contribution >= 4 is 22.8 Å². The number of nitrogens with zero attached hydrogens (tertiary/aromatic N) is 3. The van der Waals surface area contributed by atoms with Gasteiger partial charge in [0.1, 0.15) is 17.0 Å². The molecular weight excluding hydrogens is 386 g/mol. The van der Waals surface area contributed by atoms with Crippen molar-refractivity contribution in [1.29, 1.82) is 0 Å². The number of aromatic nitrogens is 2. The normalized spacial score (nSPS) is 19.3. The van der Waals surface area contributed by atoms with Gasteiger partial charge in [-0.1, -0.05) is 0 Å². The van der Waals surface area contributed by atoms with Crippen LogP contribution < -0.4 is 16.1 Å². The van der Waals surface area contributed by atoms with E-state index >= 15 is 0 Å². The Balaban J connectivity index is 1.87. The summed E-state index contributed by atoms with van der Waals surface area (Å²) in [6.45, 7) is 0.355. The summed E-state index contributed by atoms with van der Waals surface area (Å²) in [6.07, 6.45) is 2.90. The van der Waals surface area contributed by atoms with Crippen LogP contribution in [0.1, 0.15) is 29.2 Å². The van der Waals surface area contributed by atoms with Crippen LogP contribution in [0.25, 0.3) is 11.0 Å². The number of hydrogen-bond acceptors (Lipinski definition) is 6. The summed E-state index contributed by atoms with van der Waals surface area (Å²) in [6, 6.07) is 1.03. The van der Waals surface area contributed by atoms with Gasteiger partial charge in [0.25, 0.3) is 0 Å². The first-order valence-electron chi connectivity index (χ1n) is 9.28. The molecule has 2 fully saturated rings. The molecule has 3 N–H and O–H groups in total. The van der Waals surface area contributed by atoms with Gasteiger partial charge < -0.3 is 25.0 Å². The first-order valence-corrected chi connectivity index (χ1v) is 9.28. The van der Waals surface area contributed by atoms with E-state index in [-0.39, 0.29) is 55.7 Å². The van der Waals surface area contributed by atoms with Gasteiger partial charge in [-0.3, -0.25) is 4.79 Å². The molecule has 1 aliphatic heterocycles. The van der Waals surface area contributed by atoms with Crippen molar-refractivity contribution in [2.45, 2.75) is 18.9 Å². The van der Waals surface area contributed by atoms with Gasteiger partial charge in [-0.15, -0.1) is 0 Å². The summed E-state index contributed by atoms with van der Waals surface area (Å²) in [7, 11) is 0. The Morgan fingerprint density at radius 1 is 1.41 bits per heavy atom. The SMILES string of the molecule is NC/C(F)=C1\COCCN(c2nc3c(cc2F)c(=O)c(C(=O)O)cn3C2CC2)C1. The van der Waals surface area contributed by atoms with E-state index in [9.17, 15) is 23.5 Å². The minimum atomic E-state index is -1.37. The van der Waals surface area contributed by atoms with E-state index in [1.165, 1.54) is 6.20 Å². The van der Waals surface area contributed by atoms with E-state index in [1.807, 2.05) is 0 Å². The molecule has 1 saturated carbocycles. The van der Waals surface area contributed by atoms with Gasteiger partial charge >= 0.3 is 5.97 Å². The lowest BCUT2D eigenvalue weighted by atomic mass is 10.1. The highest BCUT2D eigenvalue weighted by atomic mass is 19.1. The van der Waals surface area contributed by atoms with E-state index in [2.05, 4.69) is 4.98 Å². The second kappa shape index (κ2) is 7.53. The van der Waals surface area contributed by atoms with E-state index in [0.717, 1.165) is 18.9 Å². The maximum atomic E-state index is 14.9. The van der Waals surface area contributed by atoms with Crippen molar-refractivity contribution in [3.05, 3.63) is 45.3 Å². The minimum absolute atomic E-state index is 0.0135. The van der Waals surface area contributed by atoms with Crippen LogP contribution in [0.5, 0.6) is 0 Å². The molecule has 3 heterocycles. The maximum Gasteiger partial charge on any atom is 0.341 e. The van der Waals surface area contributed by atoms with E-state index in [4.69, 9.17) is 10.5 Å². The number of carboxylic acids is 1. The number of halogens is 2. The number of ether oxygens (including phenoxy) is 1. The van der Waals surface area contributed by atoms with Crippen molar-refractivity contribution in [2.75, 3.05) is 37.7 Å². The number of anilines is 1. The van der Waals surface area contributed by atoms with Gasteiger partial charge in [0.15, 0.2) is 11.6 Å². The number of hydrogen-bond donors (Lipinski definition) is 2. The third kappa shape index (κ3) is 3.60. The van der Waals surface area contributed by atoms with Crippen LogP contribution in [0.15, 0.2) is 28.5 Å². The van der Waals surface area contributed by atoms with Crippen LogP contribution in [0.2, 0.25) is 0 Å². The van der Waals surface area contributed by atoms with Gasteiger partial charge in [-0.2, -0.15) is 0 Å². The molecule has 0 bridgehead atoms. The largest absolute Gasteiger partial charge is 0.477 e. The van der Waals surface area contributed by atoms with E-state index in [0.29, 0.717) is 5.57 Å². The molecule has 2 aromatic rings. The number of aromatic carboxylic acids is 1. The first kappa shape index (κ1) is 19.5. The van der Waals surface area contributed by atoms with Gasteiger partial charge in [-0.05, 0) is 18.9 Å². The predicted molar refractivity (Wildman–Crippen MR) is 101 cm³/mol. The monoisotopic (exact) mass is 406 g/mol. The Bertz CT molecular complexity index is 1080. The van der Waals surface area contributed by atoms with Crippen LogP contribution in [0, 0.1) is 5.82 Å². The fourth-order valence-corrected chi connectivity index (χ4v) is 3.46. The lowest BCUT2D eigenvalue weighted by Gasteiger charge is -2.23. The zero-order valence-corrected chi connectivity index (χ0v) is 15.5. The van der Waals surface area contributed by atoms with Crippen LogP contribution in [0.4, 0.5) is 14.6 Å². The fourth-order valence-electron chi connectivity index (χ4n) is 3.46. The van der Waals surface area contributed by atoms with Gasteiger partial charge in [-0.25, -0.2) is 18.6 Å². The van der Waals surface area contributed by atoms with E-state index in [1.54, 1.807) is 9.47 Å². The summed E-state index contributed by atoms with van der Waals surface area (Å²) >= 11 is 0. The topological polar surface area (TPSA) is 111 Å². The molecule has 0 amide bonds. The standard InChI is InChI=1S/C19H20F2N4O4/c20-14-5-12-16(26)13(19(27)28)8-25(11-1-2-11)17(12)23-18(14)24-3-4-29-9-10(7-24)15(21)6-22/h5,8,11H,1-4,6-7,9,22H2,(H,27,28)/b15-10+. The molecule has 1 aliphatic carbocycles. The highest BCUT2D eigenvalue weighted by molar-refractivity contribution is 5.92. The van der Waals surface area contributed by atoms with Crippen molar-refractivity contribution in [3.63, 3.8) is 0 Å². The number of rotatable bonds is 4. The second-order valence-electron chi connectivity index (χ2n) is 7.17. The summed E-state index contributed by atoms with van der Waals surface area (Å²) in [5.41, 5.74) is 4.70. The molecular formula is C19H20F2N4O4. The number of fused-ring (bicyclic) bond motifs is 1. The lowest BCUT2D eigenvalue weighted by Crippen LogP contribution is -2.30. The Morgan fingerprint density at radius 3 is 2.83 bits per heavy atom. The molecule has 1 saturated heterocycles. The highest BCUT2D eigenvalue weighted by Gasteiger charge is 2.29. The van der Waals surface area contributed by atoms with Crippen molar-refractivity contribution in [1.82, 2.24) is 9.55 Å². The second-order valence-corrected chi connectivity index (χ2v) is 7.17. The Morgan fingerprint density at radius 2 is 2.17 bits per heavy atom. The van der Waals surface area contributed by atoms with Crippen molar-refractivity contribution in [2.24, 2.45) is 5.73 Å². The summed E-state index contributed by atoms with van der Waals surface area (Å²) in [5, 5.41) is 9.23.